The molecule has 0 saturated heterocycles. The van der Waals surface area contributed by atoms with Gasteiger partial charge in [-0.1, -0.05) is 6.42 Å². The molecule has 1 aliphatic heterocycles. The molecule has 0 amide bonds. The van der Waals surface area contributed by atoms with Crippen LogP contribution in [0.2, 0.25) is 0 Å². The summed E-state index contributed by atoms with van der Waals surface area (Å²) in [5.74, 6) is 1.17. The minimum absolute atomic E-state index is 0.199. The standard InChI is InChI=1S/C17H22N6O/c1-11-13(24-2)7-6-12(10-18)14(11)23-16(20)21-15(19)22-17(23)8-4-3-5-9-17/h6-7H,3-5,8-9H2,1-2H3,(H4,19,20,21,22). The number of guanidine groups is 2. The van der Waals surface area contributed by atoms with Crippen LogP contribution in [0.25, 0.3) is 0 Å². The molecule has 2 aliphatic rings. The highest BCUT2D eigenvalue weighted by atomic mass is 16.5. The van der Waals surface area contributed by atoms with Gasteiger partial charge in [0.1, 0.15) is 17.5 Å². The number of aliphatic imine (C=N–C) groups is 2. The van der Waals surface area contributed by atoms with Gasteiger partial charge >= 0.3 is 0 Å². The predicted octanol–water partition coefficient (Wildman–Crippen LogP) is 1.99. The van der Waals surface area contributed by atoms with E-state index in [0.717, 1.165) is 37.7 Å². The molecule has 3 rings (SSSR count). The van der Waals surface area contributed by atoms with Gasteiger partial charge in [-0.05, 0) is 44.7 Å². The Morgan fingerprint density at radius 3 is 2.58 bits per heavy atom. The van der Waals surface area contributed by atoms with Crippen molar-refractivity contribution in [1.82, 2.24) is 0 Å². The summed E-state index contributed by atoms with van der Waals surface area (Å²) in [6, 6.07) is 5.79. The van der Waals surface area contributed by atoms with E-state index in [4.69, 9.17) is 16.2 Å². The first-order valence-corrected chi connectivity index (χ1v) is 8.10. The smallest absolute Gasteiger partial charge is 0.220 e. The van der Waals surface area contributed by atoms with Crippen LogP contribution in [0.5, 0.6) is 5.75 Å². The van der Waals surface area contributed by atoms with Gasteiger partial charge in [-0.15, -0.1) is 0 Å². The second-order valence-corrected chi connectivity index (χ2v) is 6.22. The van der Waals surface area contributed by atoms with Crippen molar-refractivity contribution in [3.05, 3.63) is 23.3 Å². The first-order chi connectivity index (χ1) is 11.5. The SMILES string of the molecule is COc1ccc(C#N)c(N2C(N)=NC(N)=NC23CCCCC3)c1C. The molecule has 1 aromatic carbocycles. The van der Waals surface area contributed by atoms with Gasteiger partial charge in [0.15, 0.2) is 0 Å². The van der Waals surface area contributed by atoms with Crippen molar-refractivity contribution in [1.29, 1.82) is 5.26 Å². The topological polar surface area (TPSA) is 113 Å². The van der Waals surface area contributed by atoms with Crippen molar-refractivity contribution < 1.29 is 4.74 Å². The Balaban J connectivity index is 2.23. The van der Waals surface area contributed by atoms with Crippen molar-refractivity contribution in [3.63, 3.8) is 0 Å². The zero-order chi connectivity index (χ0) is 17.3. The van der Waals surface area contributed by atoms with E-state index in [1.54, 1.807) is 19.2 Å². The van der Waals surface area contributed by atoms with E-state index >= 15 is 0 Å². The van der Waals surface area contributed by atoms with Gasteiger partial charge in [0, 0.05) is 5.56 Å². The summed E-state index contributed by atoms with van der Waals surface area (Å²) in [6.07, 6.45) is 4.87. The second kappa shape index (κ2) is 6.04. The summed E-state index contributed by atoms with van der Waals surface area (Å²) >= 11 is 0. The van der Waals surface area contributed by atoms with Crippen LogP contribution in [-0.4, -0.2) is 24.7 Å². The Morgan fingerprint density at radius 1 is 1.25 bits per heavy atom. The van der Waals surface area contributed by atoms with Gasteiger partial charge in [-0.3, -0.25) is 4.90 Å². The lowest BCUT2D eigenvalue weighted by atomic mass is 9.86. The van der Waals surface area contributed by atoms with E-state index in [2.05, 4.69) is 16.1 Å². The monoisotopic (exact) mass is 326 g/mol. The highest BCUT2D eigenvalue weighted by molar-refractivity contribution is 6.06. The maximum atomic E-state index is 9.60. The Kier molecular flexibility index (Phi) is 4.06. The quantitative estimate of drug-likeness (QED) is 0.863. The molecule has 0 aromatic heterocycles. The zero-order valence-electron chi connectivity index (χ0n) is 14.0. The van der Waals surface area contributed by atoms with E-state index in [0.29, 0.717) is 17.0 Å². The summed E-state index contributed by atoms with van der Waals surface area (Å²) in [6.45, 7) is 1.92. The third-order valence-electron chi connectivity index (χ3n) is 4.80. The number of benzene rings is 1. The molecule has 0 radical (unpaired) electrons. The van der Waals surface area contributed by atoms with Gasteiger partial charge in [0.2, 0.25) is 11.9 Å². The summed E-state index contributed by atoms with van der Waals surface area (Å²) in [4.78, 5) is 10.7. The fourth-order valence-electron chi connectivity index (χ4n) is 3.73. The Bertz CT molecular complexity index is 755. The predicted molar refractivity (Wildman–Crippen MR) is 94.0 cm³/mol. The van der Waals surface area contributed by atoms with E-state index in [-0.39, 0.29) is 11.9 Å². The van der Waals surface area contributed by atoms with Crippen molar-refractivity contribution in [2.45, 2.75) is 44.7 Å². The van der Waals surface area contributed by atoms with Crippen LogP contribution in [0.4, 0.5) is 5.69 Å². The van der Waals surface area contributed by atoms with Crippen molar-refractivity contribution in [2.24, 2.45) is 21.5 Å². The van der Waals surface area contributed by atoms with Gasteiger partial charge in [-0.2, -0.15) is 10.3 Å². The molecule has 1 saturated carbocycles. The molecule has 126 valence electrons. The molecule has 7 nitrogen and oxygen atoms in total. The molecule has 24 heavy (non-hydrogen) atoms. The molecule has 1 fully saturated rings. The van der Waals surface area contributed by atoms with E-state index in [1.807, 2.05) is 11.8 Å². The van der Waals surface area contributed by atoms with Gasteiger partial charge in [0.05, 0.1) is 18.4 Å². The molecule has 7 heteroatoms. The fourth-order valence-corrected chi connectivity index (χ4v) is 3.73. The van der Waals surface area contributed by atoms with Crippen LogP contribution in [0.15, 0.2) is 22.1 Å². The number of ether oxygens (including phenoxy) is 1. The maximum Gasteiger partial charge on any atom is 0.220 e. The third kappa shape index (κ3) is 2.44. The van der Waals surface area contributed by atoms with E-state index in [1.165, 1.54) is 0 Å². The van der Waals surface area contributed by atoms with Gasteiger partial charge in [-0.25, -0.2) is 4.99 Å². The minimum atomic E-state index is -0.573. The number of anilines is 1. The molecule has 4 N–H and O–H groups in total. The molecule has 1 aliphatic carbocycles. The first-order valence-electron chi connectivity index (χ1n) is 8.10. The van der Waals surface area contributed by atoms with Crippen LogP contribution < -0.4 is 21.1 Å². The Hall–Kier alpha value is -2.75. The highest BCUT2D eigenvalue weighted by Gasteiger charge is 2.44. The maximum absolute atomic E-state index is 9.60. The van der Waals surface area contributed by atoms with E-state index < -0.39 is 5.66 Å². The second-order valence-electron chi connectivity index (χ2n) is 6.22. The average molecular weight is 326 g/mol. The first kappa shape index (κ1) is 16.1. The Morgan fingerprint density at radius 2 is 1.96 bits per heavy atom. The molecule has 0 bridgehead atoms. The molecular formula is C17H22N6O. The number of hydrogen-bond donors (Lipinski definition) is 2. The van der Waals surface area contributed by atoms with Crippen molar-refractivity contribution in [2.75, 3.05) is 12.0 Å². The van der Waals surface area contributed by atoms with Gasteiger partial charge < -0.3 is 16.2 Å². The van der Waals surface area contributed by atoms with Crippen LogP contribution in [0.1, 0.15) is 43.2 Å². The number of nitrogens with zero attached hydrogens (tertiary/aromatic N) is 4. The summed E-state index contributed by atoms with van der Waals surface area (Å²) in [5, 5.41) is 9.60. The van der Waals surface area contributed by atoms with Crippen molar-refractivity contribution in [3.8, 4) is 11.8 Å². The van der Waals surface area contributed by atoms with Crippen LogP contribution in [0.3, 0.4) is 0 Å². The Labute approximate surface area is 141 Å². The summed E-state index contributed by atoms with van der Waals surface area (Å²) in [7, 11) is 1.61. The summed E-state index contributed by atoms with van der Waals surface area (Å²) in [5.41, 5.74) is 13.7. The number of nitrogens with two attached hydrogens (primary N) is 2. The third-order valence-corrected chi connectivity index (χ3v) is 4.80. The molecular weight excluding hydrogens is 304 g/mol. The van der Waals surface area contributed by atoms with E-state index in [9.17, 15) is 5.26 Å². The minimum Gasteiger partial charge on any atom is -0.496 e. The number of nitriles is 1. The normalized spacial score (nSPS) is 19.5. The zero-order valence-corrected chi connectivity index (χ0v) is 14.0. The average Bonchev–Trinajstić information content (AvgIpc) is 2.56. The highest BCUT2D eigenvalue weighted by Crippen LogP contribution is 2.43. The molecule has 0 atom stereocenters. The van der Waals surface area contributed by atoms with Crippen LogP contribution >= 0.6 is 0 Å². The number of hydrogen-bond acceptors (Lipinski definition) is 7. The lowest BCUT2D eigenvalue weighted by molar-refractivity contribution is 0.305. The molecule has 0 unspecified atom stereocenters. The fraction of sp³-hybridized carbons (Fsp3) is 0.471. The summed E-state index contributed by atoms with van der Waals surface area (Å²) < 4.78 is 5.43. The molecule has 1 spiro atoms. The van der Waals surface area contributed by atoms with Gasteiger partial charge in [0.25, 0.3) is 0 Å². The number of rotatable bonds is 2. The molecule has 1 heterocycles. The largest absolute Gasteiger partial charge is 0.496 e. The molecule has 1 aromatic rings. The van der Waals surface area contributed by atoms with Crippen molar-refractivity contribution >= 4 is 17.6 Å². The van der Waals surface area contributed by atoms with Crippen LogP contribution in [-0.2, 0) is 0 Å². The lowest BCUT2D eigenvalue weighted by Gasteiger charge is -2.46. The number of methoxy groups -OCH3 is 1. The lowest BCUT2D eigenvalue weighted by Crippen LogP contribution is -2.58. The van der Waals surface area contributed by atoms with Crippen LogP contribution in [0, 0.1) is 18.3 Å².